The Morgan fingerprint density at radius 1 is 1.18 bits per heavy atom. The van der Waals surface area contributed by atoms with Crippen LogP contribution < -0.4 is 21.1 Å². The number of benzene rings is 1. The van der Waals surface area contributed by atoms with Crippen molar-refractivity contribution >= 4 is 22.8 Å². The first-order valence-electron chi connectivity index (χ1n) is 11.0. The van der Waals surface area contributed by atoms with Crippen LogP contribution in [0.4, 0.5) is 16.2 Å². The van der Waals surface area contributed by atoms with E-state index in [0.29, 0.717) is 47.7 Å². The topological polar surface area (TPSA) is 143 Å². The predicted octanol–water partition coefficient (Wildman–Crippen LogP) is 1.65. The molecule has 1 atom stereocenters. The van der Waals surface area contributed by atoms with E-state index in [1.165, 1.54) is 13.2 Å². The highest BCUT2D eigenvalue weighted by molar-refractivity contribution is 5.86. The lowest BCUT2D eigenvalue weighted by molar-refractivity contribution is 0.276. The van der Waals surface area contributed by atoms with E-state index in [1.54, 1.807) is 16.9 Å². The lowest BCUT2D eigenvalue weighted by atomic mass is 10.1. The molecule has 0 saturated carbocycles. The van der Waals surface area contributed by atoms with Gasteiger partial charge in [0.05, 0.1) is 26.5 Å². The molecule has 0 unspecified atom stereocenters. The van der Waals surface area contributed by atoms with Crippen molar-refractivity contribution in [2.45, 2.75) is 45.3 Å². The monoisotopic (exact) mass is 461 g/mol. The third kappa shape index (κ3) is 6.06. The minimum absolute atomic E-state index is 0.0189. The molecule has 0 saturated heterocycles. The second-order valence-corrected chi connectivity index (χ2v) is 7.76. The number of halogens is 1. The summed E-state index contributed by atoms with van der Waals surface area (Å²) < 4.78 is 21.6. The first kappa shape index (κ1) is 24.6. The molecule has 3 aromatic rings. The summed E-state index contributed by atoms with van der Waals surface area (Å²) in [4.78, 5) is 8.68. The maximum Gasteiger partial charge on any atom is 0.222 e. The van der Waals surface area contributed by atoms with Crippen molar-refractivity contribution in [3.05, 3.63) is 35.3 Å². The molecule has 0 amide bonds. The molecule has 0 aliphatic carbocycles. The van der Waals surface area contributed by atoms with Gasteiger partial charge in [-0.05, 0) is 18.9 Å². The largest absolute Gasteiger partial charge is 0.496 e. The second kappa shape index (κ2) is 11.7. The van der Waals surface area contributed by atoms with Gasteiger partial charge in [0.15, 0.2) is 5.82 Å². The Morgan fingerprint density at radius 3 is 2.70 bits per heavy atom. The van der Waals surface area contributed by atoms with E-state index in [4.69, 9.17) is 15.6 Å². The van der Waals surface area contributed by atoms with E-state index in [0.717, 1.165) is 18.4 Å². The molecule has 0 bridgehead atoms. The summed E-state index contributed by atoms with van der Waals surface area (Å²) in [5.41, 5.74) is 8.34. The average molecular weight is 462 g/mol. The highest BCUT2D eigenvalue weighted by Gasteiger charge is 2.18. The first-order chi connectivity index (χ1) is 16.0. The van der Waals surface area contributed by atoms with Crippen LogP contribution in [-0.2, 0) is 13.1 Å². The van der Waals surface area contributed by atoms with Gasteiger partial charge < -0.3 is 31.3 Å². The molecule has 0 aliphatic rings. The van der Waals surface area contributed by atoms with E-state index < -0.39 is 5.82 Å². The number of aliphatic hydroxyl groups excluding tert-OH is 2. The fourth-order valence-corrected chi connectivity index (χ4v) is 3.79. The van der Waals surface area contributed by atoms with E-state index >= 15 is 0 Å². The normalized spacial score (nSPS) is 12.3. The van der Waals surface area contributed by atoms with Crippen LogP contribution in [0, 0.1) is 5.82 Å². The van der Waals surface area contributed by atoms with Crippen LogP contribution in [0.15, 0.2) is 18.3 Å². The number of ether oxygens (including phenoxy) is 1. The zero-order valence-electron chi connectivity index (χ0n) is 19.0. The molecule has 0 fully saturated rings. The summed E-state index contributed by atoms with van der Waals surface area (Å²) in [5, 5.41) is 29.2. The van der Waals surface area contributed by atoms with Crippen molar-refractivity contribution in [3.8, 4) is 5.75 Å². The van der Waals surface area contributed by atoms with Gasteiger partial charge in [0, 0.05) is 42.9 Å². The second-order valence-electron chi connectivity index (χ2n) is 7.76. The Balaban J connectivity index is 1.98. The van der Waals surface area contributed by atoms with Gasteiger partial charge in [-0.2, -0.15) is 10.1 Å². The van der Waals surface area contributed by atoms with E-state index in [2.05, 4.69) is 32.6 Å². The molecular weight excluding hydrogens is 429 g/mol. The van der Waals surface area contributed by atoms with Crippen molar-refractivity contribution < 1.29 is 19.3 Å². The summed E-state index contributed by atoms with van der Waals surface area (Å²) >= 11 is 0. The third-order valence-electron chi connectivity index (χ3n) is 5.33. The first-order valence-corrected chi connectivity index (χ1v) is 11.0. The minimum atomic E-state index is -0.392. The number of aliphatic hydroxyl groups is 2. The molecule has 2 heterocycles. The van der Waals surface area contributed by atoms with Gasteiger partial charge in [0.25, 0.3) is 0 Å². The molecule has 0 aliphatic heterocycles. The number of hydrogen-bond donors (Lipinski definition) is 5. The molecule has 180 valence electrons. The van der Waals surface area contributed by atoms with Crippen molar-refractivity contribution in [2.75, 3.05) is 37.9 Å². The molecule has 10 nitrogen and oxygen atoms in total. The number of aromatic nitrogens is 4. The number of methoxy groups -OCH3 is 1. The van der Waals surface area contributed by atoms with Crippen LogP contribution in [0.25, 0.3) is 11.0 Å². The smallest absolute Gasteiger partial charge is 0.222 e. The van der Waals surface area contributed by atoms with Gasteiger partial charge in [-0.15, -0.1) is 0 Å². The molecule has 0 radical (unpaired) electrons. The van der Waals surface area contributed by atoms with Gasteiger partial charge in [-0.1, -0.05) is 13.3 Å². The van der Waals surface area contributed by atoms with Gasteiger partial charge in [-0.25, -0.2) is 9.37 Å². The van der Waals surface area contributed by atoms with E-state index in [-0.39, 0.29) is 31.7 Å². The Labute approximate surface area is 192 Å². The van der Waals surface area contributed by atoms with Crippen molar-refractivity contribution in [1.82, 2.24) is 25.1 Å². The summed E-state index contributed by atoms with van der Waals surface area (Å²) in [6, 6.07) is 3.09. The number of nitrogens with one attached hydrogen (secondary N) is 2. The van der Waals surface area contributed by atoms with Gasteiger partial charge in [-0.3, -0.25) is 4.68 Å². The quantitative estimate of drug-likeness (QED) is 0.240. The van der Waals surface area contributed by atoms with Crippen LogP contribution >= 0.6 is 0 Å². The van der Waals surface area contributed by atoms with Crippen LogP contribution in [0.5, 0.6) is 5.75 Å². The van der Waals surface area contributed by atoms with E-state index in [1.807, 2.05) is 0 Å². The van der Waals surface area contributed by atoms with Crippen LogP contribution in [-0.4, -0.2) is 62.9 Å². The predicted molar refractivity (Wildman–Crippen MR) is 125 cm³/mol. The highest BCUT2D eigenvalue weighted by Crippen LogP contribution is 2.28. The molecular formula is C22H32FN7O3. The number of nitrogens with two attached hydrogens (primary N) is 1. The molecule has 2 aromatic heterocycles. The summed E-state index contributed by atoms with van der Waals surface area (Å²) in [5.74, 6) is 0.668. The summed E-state index contributed by atoms with van der Waals surface area (Å²) in [7, 11) is 1.49. The molecule has 0 spiro atoms. The molecule has 3 rings (SSSR count). The molecule has 6 N–H and O–H groups in total. The van der Waals surface area contributed by atoms with E-state index in [9.17, 15) is 9.50 Å². The van der Waals surface area contributed by atoms with Crippen LogP contribution in [0.1, 0.15) is 37.3 Å². The molecule has 11 heteroatoms. The molecule has 1 aromatic carbocycles. The number of nitrogens with zero attached hydrogens (tertiary/aromatic N) is 4. The van der Waals surface area contributed by atoms with Gasteiger partial charge in [0.1, 0.15) is 22.6 Å². The molecule has 33 heavy (non-hydrogen) atoms. The van der Waals surface area contributed by atoms with Gasteiger partial charge >= 0.3 is 0 Å². The van der Waals surface area contributed by atoms with Crippen LogP contribution in [0.2, 0.25) is 0 Å². The minimum Gasteiger partial charge on any atom is -0.496 e. The van der Waals surface area contributed by atoms with Crippen LogP contribution in [0.3, 0.4) is 0 Å². The Bertz CT molecular complexity index is 1050. The number of hydrogen-bond acceptors (Lipinski definition) is 9. The Hall–Kier alpha value is -3.02. The summed E-state index contributed by atoms with van der Waals surface area (Å²) in [6.45, 7) is 3.04. The Morgan fingerprint density at radius 2 is 2.00 bits per heavy atom. The summed E-state index contributed by atoms with van der Waals surface area (Å²) in [6.07, 6.45) is 3.99. The lowest BCUT2D eigenvalue weighted by Gasteiger charge is -2.19. The van der Waals surface area contributed by atoms with Crippen molar-refractivity contribution in [2.24, 2.45) is 0 Å². The number of fused-ring (bicyclic) bond motifs is 1. The maximum absolute atomic E-state index is 14.5. The van der Waals surface area contributed by atoms with Gasteiger partial charge in [0.2, 0.25) is 5.95 Å². The number of rotatable bonds is 13. The zero-order valence-corrected chi connectivity index (χ0v) is 19.0. The standard InChI is InChI=1S/C22H32FN7O3/c1-3-4-16(5-7-31)27-21-20-18(28-22(24)29-21)12-26-30(20)13-15-9-14(11-25-6-8-32)17(23)10-19(15)33-2/h9-10,12,16,25,31-32H,3-8,11,13H2,1-2H3,(H3,24,27,28,29)/t16-/m0/s1. The number of nitrogen functional groups attached to an aromatic ring is 1. The maximum atomic E-state index is 14.5. The SMILES string of the molecule is CCC[C@@H](CCO)Nc1nc(N)nc2cnn(Cc3cc(CNCCO)c(F)cc3OC)c12. The fourth-order valence-electron chi connectivity index (χ4n) is 3.79. The fraction of sp³-hybridized carbons (Fsp3) is 0.500. The highest BCUT2D eigenvalue weighted by atomic mass is 19.1. The zero-order chi connectivity index (χ0) is 23.8. The van der Waals surface area contributed by atoms with Crippen molar-refractivity contribution in [3.63, 3.8) is 0 Å². The van der Waals surface area contributed by atoms with Crippen molar-refractivity contribution in [1.29, 1.82) is 0 Å². The average Bonchev–Trinajstić information content (AvgIpc) is 3.18. The Kier molecular flexibility index (Phi) is 8.75. The number of anilines is 2. The lowest BCUT2D eigenvalue weighted by Crippen LogP contribution is -2.22. The third-order valence-corrected chi connectivity index (χ3v) is 5.33.